The SMILES string of the molecule is NC1CCC(NC(=O)c2ccc(N3CCCN(C(=O)c4ccc(F)cc4)CC3)c(NC(=O)c3ccccc3)c2)CC1. The Morgan fingerprint density at radius 2 is 1.46 bits per heavy atom. The van der Waals surface area contributed by atoms with Crippen molar-refractivity contribution in [3.63, 3.8) is 0 Å². The minimum atomic E-state index is -0.381. The van der Waals surface area contributed by atoms with Crippen molar-refractivity contribution < 1.29 is 18.8 Å². The number of hydrogen-bond donors (Lipinski definition) is 3. The molecular formula is C32H36FN5O3. The smallest absolute Gasteiger partial charge is 0.255 e. The van der Waals surface area contributed by atoms with Crippen molar-refractivity contribution in [1.29, 1.82) is 0 Å². The lowest BCUT2D eigenvalue weighted by molar-refractivity contribution is 0.0766. The van der Waals surface area contributed by atoms with Gasteiger partial charge in [-0.05, 0) is 86.7 Å². The molecule has 0 unspecified atom stereocenters. The van der Waals surface area contributed by atoms with E-state index in [9.17, 15) is 18.8 Å². The van der Waals surface area contributed by atoms with Crippen LogP contribution in [0.2, 0.25) is 0 Å². The van der Waals surface area contributed by atoms with Crippen LogP contribution in [0.25, 0.3) is 0 Å². The highest BCUT2D eigenvalue weighted by Crippen LogP contribution is 2.30. The molecule has 1 saturated carbocycles. The molecule has 3 aromatic carbocycles. The predicted octanol–water partition coefficient (Wildman–Crippen LogP) is 4.43. The Bertz CT molecular complexity index is 1370. The second-order valence-electron chi connectivity index (χ2n) is 10.8. The number of nitrogens with one attached hydrogen (secondary N) is 2. The second kappa shape index (κ2) is 13.0. The van der Waals surface area contributed by atoms with Crippen LogP contribution in [0.1, 0.15) is 63.2 Å². The van der Waals surface area contributed by atoms with Gasteiger partial charge < -0.3 is 26.2 Å². The number of benzene rings is 3. The molecule has 3 aromatic rings. The van der Waals surface area contributed by atoms with Gasteiger partial charge in [0.25, 0.3) is 17.7 Å². The van der Waals surface area contributed by atoms with Crippen LogP contribution in [0, 0.1) is 5.82 Å². The van der Waals surface area contributed by atoms with E-state index in [-0.39, 0.29) is 35.6 Å². The van der Waals surface area contributed by atoms with Gasteiger partial charge in [-0.2, -0.15) is 0 Å². The van der Waals surface area contributed by atoms with E-state index in [4.69, 9.17) is 5.73 Å². The lowest BCUT2D eigenvalue weighted by atomic mass is 9.91. The molecule has 1 saturated heterocycles. The van der Waals surface area contributed by atoms with Crippen LogP contribution in [0.3, 0.4) is 0 Å². The fourth-order valence-corrected chi connectivity index (χ4v) is 5.51. The Morgan fingerprint density at radius 1 is 0.756 bits per heavy atom. The molecule has 1 aliphatic carbocycles. The third kappa shape index (κ3) is 7.10. The first-order valence-corrected chi connectivity index (χ1v) is 14.2. The number of halogens is 1. The highest BCUT2D eigenvalue weighted by molar-refractivity contribution is 6.07. The molecule has 0 radical (unpaired) electrons. The quantitative estimate of drug-likeness (QED) is 0.416. The lowest BCUT2D eigenvalue weighted by Gasteiger charge is -2.28. The topological polar surface area (TPSA) is 108 Å². The van der Waals surface area contributed by atoms with E-state index in [0.29, 0.717) is 55.0 Å². The van der Waals surface area contributed by atoms with Gasteiger partial charge in [0.2, 0.25) is 0 Å². The molecule has 1 heterocycles. The second-order valence-corrected chi connectivity index (χ2v) is 10.8. The normalized spacial score (nSPS) is 19.3. The van der Waals surface area contributed by atoms with E-state index in [1.54, 1.807) is 41.3 Å². The molecule has 8 nitrogen and oxygen atoms in total. The molecule has 41 heavy (non-hydrogen) atoms. The van der Waals surface area contributed by atoms with Gasteiger partial charge in [-0.3, -0.25) is 14.4 Å². The first-order chi connectivity index (χ1) is 19.9. The van der Waals surface area contributed by atoms with Crippen LogP contribution in [-0.2, 0) is 0 Å². The number of carbonyl (C=O) groups is 3. The number of nitrogens with two attached hydrogens (primary N) is 1. The Hall–Kier alpha value is -4.24. The average Bonchev–Trinajstić information content (AvgIpc) is 3.25. The van der Waals surface area contributed by atoms with Gasteiger partial charge >= 0.3 is 0 Å². The van der Waals surface area contributed by atoms with E-state index in [0.717, 1.165) is 31.4 Å². The third-order valence-electron chi connectivity index (χ3n) is 7.86. The standard InChI is InChI=1S/C32H36FN5O3/c33-25-10-7-23(8-11-25)32(41)38-18-4-17-37(19-20-38)29-16-9-24(31(40)35-27-14-12-26(34)13-15-27)21-28(29)36-30(39)22-5-2-1-3-6-22/h1-3,5-11,16,21,26-27H,4,12-15,17-20,34H2,(H,35,40)(H,36,39). The summed E-state index contributed by atoms with van der Waals surface area (Å²) in [6.45, 7) is 2.22. The van der Waals surface area contributed by atoms with Crippen molar-refractivity contribution in [2.75, 3.05) is 36.4 Å². The Balaban J connectivity index is 1.35. The molecule has 1 aliphatic heterocycles. The molecule has 0 aromatic heterocycles. The van der Waals surface area contributed by atoms with Crippen molar-refractivity contribution >= 4 is 29.1 Å². The van der Waals surface area contributed by atoms with Crippen LogP contribution in [0.4, 0.5) is 15.8 Å². The lowest BCUT2D eigenvalue weighted by Crippen LogP contribution is -2.40. The summed E-state index contributed by atoms with van der Waals surface area (Å²) in [5.41, 5.74) is 8.77. The van der Waals surface area contributed by atoms with Crippen LogP contribution in [-0.4, -0.2) is 60.9 Å². The first-order valence-electron chi connectivity index (χ1n) is 14.2. The monoisotopic (exact) mass is 557 g/mol. The zero-order valence-corrected chi connectivity index (χ0v) is 23.0. The Labute approximate surface area is 239 Å². The minimum Gasteiger partial charge on any atom is -0.368 e. The van der Waals surface area contributed by atoms with Crippen molar-refractivity contribution in [2.24, 2.45) is 5.73 Å². The van der Waals surface area contributed by atoms with Gasteiger partial charge in [-0.25, -0.2) is 4.39 Å². The number of carbonyl (C=O) groups excluding carboxylic acids is 3. The maximum atomic E-state index is 13.4. The largest absolute Gasteiger partial charge is 0.368 e. The minimum absolute atomic E-state index is 0.0829. The first kappa shape index (κ1) is 28.3. The van der Waals surface area contributed by atoms with E-state index < -0.39 is 0 Å². The van der Waals surface area contributed by atoms with E-state index in [1.807, 2.05) is 12.1 Å². The molecule has 0 atom stereocenters. The fraction of sp³-hybridized carbons (Fsp3) is 0.344. The molecule has 3 amide bonds. The molecule has 9 heteroatoms. The van der Waals surface area contributed by atoms with Crippen molar-refractivity contribution in [2.45, 2.75) is 44.2 Å². The summed E-state index contributed by atoms with van der Waals surface area (Å²) in [7, 11) is 0. The molecule has 0 spiro atoms. The maximum absolute atomic E-state index is 13.4. The predicted molar refractivity (Wildman–Crippen MR) is 158 cm³/mol. The maximum Gasteiger partial charge on any atom is 0.255 e. The van der Waals surface area contributed by atoms with Crippen molar-refractivity contribution in [1.82, 2.24) is 10.2 Å². The average molecular weight is 558 g/mol. The van der Waals surface area contributed by atoms with Crippen molar-refractivity contribution in [3.8, 4) is 0 Å². The summed E-state index contributed by atoms with van der Waals surface area (Å²) < 4.78 is 13.4. The number of anilines is 2. The van der Waals surface area contributed by atoms with Crippen LogP contribution in [0.5, 0.6) is 0 Å². The number of rotatable bonds is 6. The highest BCUT2D eigenvalue weighted by atomic mass is 19.1. The summed E-state index contributed by atoms with van der Waals surface area (Å²) in [6.07, 6.45) is 4.19. The number of nitrogens with zero attached hydrogens (tertiary/aromatic N) is 2. The van der Waals surface area contributed by atoms with E-state index >= 15 is 0 Å². The summed E-state index contributed by atoms with van der Waals surface area (Å²) in [4.78, 5) is 43.3. The molecule has 2 aliphatic rings. The summed E-state index contributed by atoms with van der Waals surface area (Å²) >= 11 is 0. The highest BCUT2D eigenvalue weighted by Gasteiger charge is 2.25. The van der Waals surface area contributed by atoms with Crippen LogP contribution in [0.15, 0.2) is 72.8 Å². The molecule has 214 valence electrons. The van der Waals surface area contributed by atoms with Crippen LogP contribution >= 0.6 is 0 Å². The Kier molecular flexibility index (Phi) is 8.94. The summed E-state index contributed by atoms with van der Waals surface area (Å²) in [6, 6.07) is 20.2. The molecule has 4 N–H and O–H groups in total. The van der Waals surface area contributed by atoms with Crippen molar-refractivity contribution in [3.05, 3.63) is 95.3 Å². The van der Waals surface area contributed by atoms with Gasteiger partial charge in [0, 0.05) is 55.0 Å². The van der Waals surface area contributed by atoms with Gasteiger partial charge in [-0.15, -0.1) is 0 Å². The molecule has 2 fully saturated rings. The molecule has 5 rings (SSSR count). The molecular weight excluding hydrogens is 521 g/mol. The number of hydrogen-bond acceptors (Lipinski definition) is 5. The van der Waals surface area contributed by atoms with Crippen LogP contribution < -0.4 is 21.3 Å². The van der Waals surface area contributed by atoms with Gasteiger partial charge in [-0.1, -0.05) is 18.2 Å². The zero-order valence-electron chi connectivity index (χ0n) is 23.0. The van der Waals surface area contributed by atoms with E-state index in [1.165, 1.54) is 24.3 Å². The number of amides is 3. The zero-order chi connectivity index (χ0) is 28.8. The molecule has 0 bridgehead atoms. The summed E-state index contributed by atoms with van der Waals surface area (Å²) in [5, 5.41) is 6.15. The fourth-order valence-electron chi connectivity index (χ4n) is 5.51. The van der Waals surface area contributed by atoms with Gasteiger partial charge in [0.1, 0.15) is 5.82 Å². The van der Waals surface area contributed by atoms with Gasteiger partial charge in [0.15, 0.2) is 0 Å². The van der Waals surface area contributed by atoms with Gasteiger partial charge in [0.05, 0.1) is 11.4 Å². The van der Waals surface area contributed by atoms with E-state index in [2.05, 4.69) is 15.5 Å². The Morgan fingerprint density at radius 3 is 2.20 bits per heavy atom. The summed E-state index contributed by atoms with van der Waals surface area (Å²) in [5.74, 6) is -0.971. The third-order valence-corrected chi connectivity index (χ3v) is 7.86.